The Hall–Kier alpha value is -1.12. The summed E-state index contributed by atoms with van der Waals surface area (Å²) in [5.41, 5.74) is 1.05. The molecule has 0 spiro atoms. The van der Waals surface area contributed by atoms with Gasteiger partial charge in [0.2, 0.25) is 0 Å². The maximum absolute atomic E-state index is 9.43. The van der Waals surface area contributed by atoms with Crippen molar-refractivity contribution in [2.45, 2.75) is 25.6 Å². The Balaban J connectivity index is 2.48. The lowest BCUT2D eigenvalue weighted by Gasteiger charge is -2.07. The highest BCUT2D eigenvalue weighted by molar-refractivity contribution is 5.49. The van der Waals surface area contributed by atoms with E-state index in [0.717, 1.165) is 5.56 Å². The molecule has 0 amide bonds. The molecular formula is C12H16O2. The lowest BCUT2D eigenvalue weighted by Crippen LogP contribution is -2.11. The average molecular weight is 192 g/mol. The van der Waals surface area contributed by atoms with E-state index >= 15 is 0 Å². The summed E-state index contributed by atoms with van der Waals surface area (Å²) in [7, 11) is 0. The molecule has 1 rings (SSSR count). The Kier molecular flexibility index (Phi) is 4.36. The molecule has 76 valence electrons. The molecule has 0 fully saturated rings. The van der Waals surface area contributed by atoms with Crippen molar-refractivity contribution >= 4 is 6.08 Å². The zero-order valence-corrected chi connectivity index (χ0v) is 8.30. The van der Waals surface area contributed by atoms with Gasteiger partial charge in [0.15, 0.2) is 0 Å². The standard InChI is InChI=1S/C12H16O2/c1-10(13)9-12(14)8-7-11-5-3-2-4-6-11/h2-8,10,12-14H,9H2,1H3/b8-7+/t10-,12-/m0/s1. The molecule has 0 radical (unpaired) electrons. The summed E-state index contributed by atoms with van der Waals surface area (Å²) < 4.78 is 0. The van der Waals surface area contributed by atoms with Gasteiger partial charge in [-0.05, 0) is 12.5 Å². The molecule has 0 aliphatic heterocycles. The minimum absolute atomic E-state index is 0.378. The van der Waals surface area contributed by atoms with E-state index in [-0.39, 0.29) is 0 Å². The fraction of sp³-hybridized carbons (Fsp3) is 0.333. The molecule has 0 aromatic heterocycles. The van der Waals surface area contributed by atoms with Crippen LogP contribution in [-0.4, -0.2) is 22.4 Å². The molecule has 2 nitrogen and oxygen atoms in total. The fourth-order valence-corrected chi connectivity index (χ4v) is 1.21. The molecule has 0 saturated heterocycles. The van der Waals surface area contributed by atoms with Gasteiger partial charge in [-0.15, -0.1) is 0 Å². The summed E-state index contributed by atoms with van der Waals surface area (Å²) in [5, 5.41) is 18.5. The van der Waals surface area contributed by atoms with Crippen LogP contribution in [0.15, 0.2) is 36.4 Å². The highest BCUT2D eigenvalue weighted by Crippen LogP contribution is 2.05. The van der Waals surface area contributed by atoms with Crippen LogP contribution >= 0.6 is 0 Å². The number of rotatable bonds is 4. The molecule has 0 unspecified atom stereocenters. The van der Waals surface area contributed by atoms with Gasteiger partial charge in [0, 0.05) is 6.42 Å². The molecular weight excluding hydrogens is 176 g/mol. The number of aliphatic hydroxyl groups is 2. The summed E-state index contributed by atoms with van der Waals surface area (Å²) in [6, 6.07) is 9.77. The topological polar surface area (TPSA) is 40.5 Å². The molecule has 0 aliphatic rings. The van der Waals surface area contributed by atoms with E-state index in [1.54, 1.807) is 13.0 Å². The van der Waals surface area contributed by atoms with E-state index < -0.39 is 12.2 Å². The predicted octanol–water partition coefficient (Wildman–Crippen LogP) is 1.83. The number of hydrogen-bond acceptors (Lipinski definition) is 2. The fourth-order valence-electron chi connectivity index (χ4n) is 1.21. The van der Waals surface area contributed by atoms with Crippen LogP contribution in [0.3, 0.4) is 0 Å². The maximum Gasteiger partial charge on any atom is 0.0748 e. The Bertz CT molecular complexity index is 278. The Morgan fingerprint density at radius 3 is 2.43 bits per heavy atom. The van der Waals surface area contributed by atoms with Gasteiger partial charge in [0.1, 0.15) is 0 Å². The van der Waals surface area contributed by atoms with Gasteiger partial charge in [-0.2, -0.15) is 0 Å². The van der Waals surface area contributed by atoms with Crippen molar-refractivity contribution in [3.8, 4) is 0 Å². The van der Waals surface area contributed by atoms with Crippen molar-refractivity contribution in [3.05, 3.63) is 42.0 Å². The van der Waals surface area contributed by atoms with E-state index in [2.05, 4.69) is 0 Å². The molecule has 0 aliphatic carbocycles. The first-order valence-electron chi connectivity index (χ1n) is 4.78. The molecule has 0 bridgehead atoms. The second-order valence-electron chi connectivity index (χ2n) is 3.42. The number of benzene rings is 1. The molecule has 1 aromatic carbocycles. The first kappa shape index (κ1) is 11.0. The van der Waals surface area contributed by atoms with Gasteiger partial charge in [-0.3, -0.25) is 0 Å². The molecule has 0 saturated carbocycles. The van der Waals surface area contributed by atoms with Gasteiger partial charge in [-0.25, -0.2) is 0 Å². The van der Waals surface area contributed by atoms with Crippen LogP contribution in [0, 0.1) is 0 Å². The van der Waals surface area contributed by atoms with Crippen LogP contribution in [0.1, 0.15) is 18.9 Å². The smallest absolute Gasteiger partial charge is 0.0748 e. The molecule has 14 heavy (non-hydrogen) atoms. The lowest BCUT2D eigenvalue weighted by atomic mass is 10.1. The van der Waals surface area contributed by atoms with Gasteiger partial charge in [0.05, 0.1) is 12.2 Å². The van der Waals surface area contributed by atoms with E-state index in [4.69, 9.17) is 5.11 Å². The Morgan fingerprint density at radius 1 is 1.21 bits per heavy atom. The minimum Gasteiger partial charge on any atom is -0.393 e. The minimum atomic E-state index is -0.574. The second kappa shape index (κ2) is 5.58. The summed E-state index contributed by atoms with van der Waals surface area (Å²) in [6.07, 6.45) is 2.89. The van der Waals surface area contributed by atoms with Gasteiger partial charge >= 0.3 is 0 Å². The van der Waals surface area contributed by atoms with E-state index in [1.165, 1.54) is 0 Å². The normalized spacial score (nSPS) is 15.6. The van der Waals surface area contributed by atoms with Crippen molar-refractivity contribution in [3.63, 3.8) is 0 Å². The largest absolute Gasteiger partial charge is 0.393 e. The third-order valence-electron chi connectivity index (χ3n) is 1.89. The number of aliphatic hydroxyl groups excluding tert-OH is 2. The van der Waals surface area contributed by atoms with E-state index in [1.807, 2.05) is 36.4 Å². The number of hydrogen-bond donors (Lipinski definition) is 2. The third-order valence-corrected chi connectivity index (χ3v) is 1.89. The highest BCUT2D eigenvalue weighted by Gasteiger charge is 2.02. The summed E-state index contributed by atoms with van der Waals surface area (Å²) >= 11 is 0. The lowest BCUT2D eigenvalue weighted by molar-refractivity contribution is 0.117. The Labute approximate surface area is 84.5 Å². The molecule has 2 N–H and O–H groups in total. The van der Waals surface area contributed by atoms with Crippen LogP contribution < -0.4 is 0 Å². The van der Waals surface area contributed by atoms with Gasteiger partial charge < -0.3 is 10.2 Å². The highest BCUT2D eigenvalue weighted by atomic mass is 16.3. The van der Waals surface area contributed by atoms with Crippen LogP contribution in [0.25, 0.3) is 6.08 Å². The van der Waals surface area contributed by atoms with E-state index in [0.29, 0.717) is 6.42 Å². The Morgan fingerprint density at radius 2 is 1.86 bits per heavy atom. The summed E-state index contributed by atoms with van der Waals surface area (Å²) in [4.78, 5) is 0. The van der Waals surface area contributed by atoms with Crippen molar-refractivity contribution in [1.29, 1.82) is 0 Å². The molecule has 2 atom stereocenters. The van der Waals surface area contributed by atoms with E-state index in [9.17, 15) is 5.11 Å². The average Bonchev–Trinajstić information content (AvgIpc) is 2.15. The first-order valence-corrected chi connectivity index (χ1v) is 4.78. The molecule has 2 heteroatoms. The zero-order chi connectivity index (χ0) is 10.4. The molecule has 1 aromatic rings. The van der Waals surface area contributed by atoms with Crippen molar-refractivity contribution < 1.29 is 10.2 Å². The quantitative estimate of drug-likeness (QED) is 0.764. The molecule has 0 heterocycles. The van der Waals surface area contributed by atoms with Crippen LogP contribution in [0.5, 0.6) is 0 Å². The van der Waals surface area contributed by atoms with Crippen LogP contribution in [-0.2, 0) is 0 Å². The predicted molar refractivity (Wildman–Crippen MR) is 57.8 cm³/mol. The van der Waals surface area contributed by atoms with Crippen LogP contribution in [0.4, 0.5) is 0 Å². The van der Waals surface area contributed by atoms with Gasteiger partial charge in [0.25, 0.3) is 0 Å². The van der Waals surface area contributed by atoms with Crippen molar-refractivity contribution in [2.75, 3.05) is 0 Å². The summed E-state index contributed by atoms with van der Waals surface area (Å²) in [5.74, 6) is 0. The SMILES string of the molecule is C[C@H](O)C[C@@H](O)/C=C/c1ccccc1. The van der Waals surface area contributed by atoms with Crippen molar-refractivity contribution in [2.24, 2.45) is 0 Å². The van der Waals surface area contributed by atoms with Crippen LogP contribution in [0.2, 0.25) is 0 Å². The second-order valence-corrected chi connectivity index (χ2v) is 3.42. The maximum atomic E-state index is 9.43. The first-order chi connectivity index (χ1) is 6.68. The zero-order valence-electron chi connectivity index (χ0n) is 8.30. The van der Waals surface area contributed by atoms with Crippen molar-refractivity contribution in [1.82, 2.24) is 0 Å². The summed E-state index contributed by atoms with van der Waals surface area (Å²) in [6.45, 7) is 1.67. The third kappa shape index (κ3) is 4.21. The van der Waals surface area contributed by atoms with Gasteiger partial charge in [-0.1, -0.05) is 42.5 Å². The monoisotopic (exact) mass is 192 g/mol.